The zero-order valence-electron chi connectivity index (χ0n) is 17.7. The van der Waals surface area contributed by atoms with Crippen LogP contribution in [0.1, 0.15) is 35.8 Å². The molecule has 0 aliphatic rings. The number of carbonyl (C=O) groups is 1. The number of sulfonamides is 1. The number of rotatable bonds is 7. The normalized spacial score (nSPS) is 12.3. The highest BCUT2D eigenvalue weighted by Crippen LogP contribution is 2.25. The summed E-state index contributed by atoms with van der Waals surface area (Å²) in [6.07, 6.45) is 0. The predicted molar refractivity (Wildman–Crippen MR) is 120 cm³/mol. The molecule has 3 rings (SSSR count). The smallest absolute Gasteiger partial charge is 0.264 e. The Bertz CT molecular complexity index is 1130. The number of benzene rings is 3. The highest BCUT2D eigenvalue weighted by molar-refractivity contribution is 7.92. The predicted octanol–water partition coefficient (Wildman–Crippen LogP) is 4.87. The summed E-state index contributed by atoms with van der Waals surface area (Å²) in [4.78, 5) is 14.5. The Balaban J connectivity index is 1.81. The van der Waals surface area contributed by atoms with Gasteiger partial charge in [-0.1, -0.05) is 30.3 Å². The molecule has 31 heavy (non-hydrogen) atoms. The van der Waals surface area contributed by atoms with Gasteiger partial charge in [0.2, 0.25) is 0 Å². The van der Waals surface area contributed by atoms with Gasteiger partial charge in [0.15, 0.2) is 0 Å². The van der Waals surface area contributed by atoms with E-state index >= 15 is 0 Å². The largest absolute Gasteiger partial charge is 0.335 e. The second kappa shape index (κ2) is 9.31. The first-order valence-electron chi connectivity index (χ1n) is 9.96. The monoisotopic (exact) mass is 440 g/mol. The molecular formula is C24H25FN2O3S. The van der Waals surface area contributed by atoms with Crippen molar-refractivity contribution in [3.8, 4) is 0 Å². The van der Waals surface area contributed by atoms with Gasteiger partial charge in [-0.2, -0.15) is 0 Å². The molecule has 0 aliphatic carbocycles. The fourth-order valence-electron chi connectivity index (χ4n) is 3.33. The van der Waals surface area contributed by atoms with Crippen molar-refractivity contribution >= 4 is 21.6 Å². The SMILES string of the molecule is CCN(c1ccccc1)S(=O)(=O)c1ccc(C(=O)N(C)C(C)c2ccc(F)cc2)cc1. The van der Waals surface area contributed by atoms with Crippen LogP contribution < -0.4 is 4.31 Å². The number of nitrogens with zero attached hydrogens (tertiary/aromatic N) is 2. The van der Waals surface area contributed by atoms with Crippen LogP contribution in [-0.4, -0.2) is 32.8 Å². The van der Waals surface area contributed by atoms with Gasteiger partial charge < -0.3 is 4.90 Å². The fraction of sp³-hybridized carbons (Fsp3) is 0.208. The molecule has 162 valence electrons. The molecule has 1 unspecified atom stereocenters. The zero-order valence-corrected chi connectivity index (χ0v) is 18.5. The number of halogens is 1. The minimum Gasteiger partial charge on any atom is -0.335 e. The maximum Gasteiger partial charge on any atom is 0.264 e. The summed E-state index contributed by atoms with van der Waals surface area (Å²) in [6, 6.07) is 20.5. The fourth-order valence-corrected chi connectivity index (χ4v) is 4.80. The number of hydrogen-bond donors (Lipinski definition) is 0. The lowest BCUT2D eigenvalue weighted by molar-refractivity contribution is 0.0742. The Morgan fingerprint density at radius 2 is 1.52 bits per heavy atom. The highest BCUT2D eigenvalue weighted by Gasteiger charge is 2.25. The molecule has 0 N–H and O–H groups in total. The molecular weight excluding hydrogens is 415 g/mol. The van der Waals surface area contributed by atoms with Crippen molar-refractivity contribution in [3.05, 3.63) is 95.8 Å². The molecule has 1 amide bonds. The van der Waals surface area contributed by atoms with Crippen molar-refractivity contribution in [2.45, 2.75) is 24.8 Å². The zero-order chi connectivity index (χ0) is 22.6. The van der Waals surface area contributed by atoms with Gasteiger partial charge in [-0.05, 0) is 67.9 Å². The molecule has 5 nitrogen and oxygen atoms in total. The molecule has 0 saturated carbocycles. The van der Waals surface area contributed by atoms with Gasteiger partial charge in [-0.15, -0.1) is 0 Å². The van der Waals surface area contributed by atoms with Crippen LogP contribution in [0.25, 0.3) is 0 Å². The summed E-state index contributed by atoms with van der Waals surface area (Å²) in [5, 5.41) is 0. The third-order valence-electron chi connectivity index (χ3n) is 5.27. The second-order valence-corrected chi connectivity index (χ2v) is 9.04. The summed E-state index contributed by atoms with van der Waals surface area (Å²) >= 11 is 0. The van der Waals surface area contributed by atoms with Gasteiger partial charge >= 0.3 is 0 Å². The van der Waals surface area contributed by atoms with Crippen molar-refractivity contribution < 1.29 is 17.6 Å². The molecule has 0 saturated heterocycles. The van der Waals surface area contributed by atoms with Gasteiger partial charge in [-0.25, -0.2) is 12.8 Å². The van der Waals surface area contributed by atoms with Gasteiger partial charge in [-0.3, -0.25) is 9.10 Å². The van der Waals surface area contributed by atoms with Gasteiger partial charge in [0.25, 0.3) is 15.9 Å². The van der Waals surface area contributed by atoms with E-state index in [4.69, 9.17) is 0 Å². The summed E-state index contributed by atoms with van der Waals surface area (Å²) in [6.45, 7) is 3.90. The van der Waals surface area contributed by atoms with Crippen LogP contribution in [0.2, 0.25) is 0 Å². The van der Waals surface area contributed by atoms with Crippen LogP contribution in [-0.2, 0) is 10.0 Å². The Hall–Kier alpha value is -3.19. The van der Waals surface area contributed by atoms with Crippen LogP contribution in [0.4, 0.5) is 10.1 Å². The van der Waals surface area contributed by atoms with Crippen molar-refractivity contribution in [1.82, 2.24) is 4.90 Å². The van der Waals surface area contributed by atoms with E-state index in [1.807, 2.05) is 13.0 Å². The topological polar surface area (TPSA) is 57.7 Å². The van der Waals surface area contributed by atoms with Crippen LogP contribution >= 0.6 is 0 Å². The lowest BCUT2D eigenvalue weighted by Gasteiger charge is -2.26. The average Bonchev–Trinajstić information content (AvgIpc) is 2.79. The van der Waals surface area contributed by atoms with Gasteiger partial charge in [0.1, 0.15) is 5.82 Å². The molecule has 3 aromatic rings. The van der Waals surface area contributed by atoms with Gasteiger partial charge in [0.05, 0.1) is 16.6 Å². The summed E-state index contributed by atoms with van der Waals surface area (Å²) in [5.41, 5.74) is 1.76. The number of amides is 1. The number of carbonyl (C=O) groups excluding carboxylic acids is 1. The molecule has 1 atom stereocenters. The van der Waals surface area contributed by atoms with Crippen LogP contribution in [0.15, 0.2) is 83.8 Å². The Labute approximate surface area is 182 Å². The Morgan fingerprint density at radius 1 is 0.935 bits per heavy atom. The van der Waals surface area contributed by atoms with E-state index in [0.29, 0.717) is 11.3 Å². The molecule has 0 fully saturated rings. The Morgan fingerprint density at radius 3 is 2.06 bits per heavy atom. The maximum atomic E-state index is 13.2. The van der Waals surface area contributed by atoms with Crippen molar-refractivity contribution in [3.63, 3.8) is 0 Å². The third kappa shape index (κ3) is 4.77. The highest BCUT2D eigenvalue weighted by atomic mass is 32.2. The minimum atomic E-state index is -3.76. The van der Waals surface area contributed by atoms with E-state index < -0.39 is 10.0 Å². The van der Waals surface area contributed by atoms with E-state index in [-0.39, 0.29) is 29.2 Å². The molecule has 3 aromatic carbocycles. The van der Waals surface area contributed by atoms with E-state index in [9.17, 15) is 17.6 Å². The second-order valence-electron chi connectivity index (χ2n) is 7.17. The van der Waals surface area contributed by atoms with Crippen molar-refractivity contribution in [1.29, 1.82) is 0 Å². The molecule has 0 spiro atoms. The average molecular weight is 441 g/mol. The molecule has 7 heteroatoms. The quantitative estimate of drug-likeness (QED) is 0.526. The van der Waals surface area contributed by atoms with Crippen LogP contribution in [0, 0.1) is 5.82 Å². The van der Waals surface area contributed by atoms with E-state index in [1.54, 1.807) is 55.3 Å². The van der Waals surface area contributed by atoms with Gasteiger partial charge in [0, 0.05) is 19.2 Å². The first-order valence-corrected chi connectivity index (χ1v) is 11.4. The molecule has 0 aliphatic heterocycles. The van der Waals surface area contributed by atoms with Crippen LogP contribution in [0.5, 0.6) is 0 Å². The van der Waals surface area contributed by atoms with E-state index in [2.05, 4.69) is 0 Å². The molecule has 0 bridgehead atoms. The van der Waals surface area contributed by atoms with Crippen molar-refractivity contribution in [2.24, 2.45) is 0 Å². The maximum absolute atomic E-state index is 13.2. The first kappa shape index (κ1) is 22.5. The number of hydrogen-bond acceptors (Lipinski definition) is 3. The first-order chi connectivity index (χ1) is 14.8. The molecule has 0 aromatic heterocycles. The number of para-hydroxylation sites is 1. The van der Waals surface area contributed by atoms with E-state index in [0.717, 1.165) is 5.56 Å². The summed E-state index contributed by atoms with van der Waals surface area (Å²) in [7, 11) is -2.10. The molecule has 0 heterocycles. The lowest BCUT2D eigenvalue weighted by Crippen LogP contribution is -2.31. The van der Waals surface area contributed by atoms with E-state index in [1.165, 1.54) is 40.7 Å². The van der Waals surface area contributed by atoms with Crippen LogP contribution in [0.3, 0.4) is 0 Å². The standard InChI is InChI=1S/C24H25FN2O3S/c1-4-27(22-8-6-5-7-9-22)31(29,30)23-16-12-20(13-17-23)24(28)26(3)18(2)19-10-14-21(25)15-11-19/h5-18H,4H2,1-3H3. The minimum absolute atomic E-state index is 0.115. The molecule has 0 radical (unpaired) electrons. The Kier molecular flexibility index (Phi) is 6.75. The summed E-state index contributed by atoms with van der Waals surface area (Å²) < 4.78 is 40.7. The number of anilines is 1. The van der Waals surface area contributed by atoms with Crippen molar-refractivity contribution in [2.75, 3.05) is 17.9 Å². The third-order valence-corrected chi connectivity index (χ3v) is 7.19. The lowest BCUT2D eigenvalue weighted by atomic mass is 10.1. The summed E-state index contributed by atoms with van der Waals surface area (Å²) in [5.74, 6) is -0.588.